The molecule has 2 aromatic carbocycles. The topological polar surface area (TPSA) is 79.0 Å². The Morgan fingerprint density at radius 2 is 1.95 bits per heavy atom. The maximum atomic E-state index is 10.7. The third-order valence-electron chi connectivity index (χ3n) is 2.43. The average molecular weight is 365 g/mol. The quantitative estimate of drug-likeness (QED) is 0.510. The summed E-state index contributed by atoms with van der Waals surface area (Å²) in [7, 11) is 0. The van der Waals surface area contributed by atoms with E-state index in [9.17, 15) is 10.1 Å². The Bertz CT molecular complexity index is 680. The lowest BCUT2D eigenvalue weighted by atomic mass is 10.1. The lowest BCUT2D eigenvalue weighted by molar-refractivity contribution is -0.385. The second kappa shape index (κ2) is 5.67. The van der Waals surface area contributed by atoms with E-state index >= 15 is 0 Å². The summed E-state index contributed by atoms with van der Waals surface area (Å²) >= 11 is 2.19. The second-order valence-corrected chi connectivity index (χ2v) is 4.98. The fraction of sp³-hybridized carbons (Fsp3) is 0. The van der Waals surface area contributed by atoms with Gasteiger partial charge in [0.1, 0.15) is 11.6 Å². The highest BCUT2D eigenvalue weighted by atomic mass is 127. The van der Waals surface area contributed by atoms with E-state index in [4.69, 9.17) is 5.26 Å². The first-order valence-electron chi connectivity index (χ1n) is 5.31. The van der Waals surface area contributed by atoms with Gasteiger partial charge in [-0.2, -0.15) is 5.26 Å². The molecule has 0 aliphatic rings. The van der Waals surface area contributed by atoms with Crippen LogP contribution in [0.15, 0.2) is 42.5 Å². The number of nitrogens with one attached hydrogen (secondary N) is 1. The van der Waals surface area contributed by atoms with Crippen molar-refractivity contribution in [1.82, 2.24) is 0 Å². The molecule has 0 aromatic heterocycles. The molecular weight excluding hydrogens is 357 g/mol. The zero-order chi connectivity index (χ0) is 13.8. The molecule has 0 radical (unpaired) electrons. The van der Waals surface area contributed by atoms with Crippen molar-refractivity contribution in [3.05, 3.63) is 61.7 Å². The number of anilines is 2. The van der Waals surface area contributed by atoms with Crippen LogP contribution >= 0.6 is 22.6 Å². The van der Waals surface area contributed by atoms with Gasteiger partial charge < -0.3 is 5.32 Å². The summed E-state index contributed by atoms with van der Waals surface area (Å²) in [5.74, 6) is 0. The minimum Gasteiger partial charge on any atom is -0.355 e. The predicted molar refractivity (Wildman–Crippen MR) is 80.3 cm³/mol. The fourth-order valence-corrected chi connectivity index (χ4v) is 2.14. The molecule has 1 N–H and O–H groups in total. The van der Waals surface area contributed by atoms with Crippen molar-refractivity contribution in [2.45, 2.75) is 0 Å². The molecule has 0 atom stereocenters. The third-order valence-corrected chi connectivity index (χ3v) is 3.10. The third kappa shape index (κ3) is 3.20. The van der Waals surface area contributed by atoms with Gasteiger partial charge >= 0.3 is 0 Å². The molecule has 19 heavy (non-hydrogen) atoms. The lowest BCUT2D eigenvalue weighted by Gasteiger charge is -2.07. The van der Waals surface area contributed by atoms with E-state index in [1.807, 2.05) is 30.3 Å². The van der Waals surface area contributed by atoms with E-state index in [-0.39, 0.29) is 11.3 Å². The highest BCUT2D eigenvalue weighted by Crippen LogP contribution is 2.24. The first kappa shape index (κ1) is 13.3. The summed E-state index contributed by atoms with van der Waals surface area (Å²) in [6, 6.07) is 13.9. The molecule has 0 amide bonds. The van der Waals surface area contributed by atoms with E-state index in [0.29, 0.717) is 5.69 Å². The molecule has 5 nitrogen and oxygen atoms in total. The summed E-state index contributed by atoms with van der Waals surface area (Å²) in [5.41, 5.74) is 1.37. The Morgan fingerprint density at radius 1 is 1.21 bits per heavy atom. The fourth-order valence-electron chi connectivity index (χ4n) is 1.60. The smallest absolute Gasteiger partial charge is 0.287 e. The molecule has 0 spiro atoms. The molecule has 0 saturated heterocycles. The minimum atomic E-state index is -0.562. The number of benzene rings is 2. The van der Waals surface area contributed by atoms with Gasteiger partial charge in [0.15, 0.2) is 0 Å². The summed E-state index contributed by atoms with van der Waals surface area (Å²) < 4.78 is 1.07. The average Bonchev–Trinajstić information content (AvgIpc) is 2.38. The minimum absolute atomic E-state index is 0.0422. The standard InChI is InChI=1S/C13H8IN3O2/c14-10-2-1-3-11(7-10)16-12-4-5-13(17(18)19)9(6-12)8-15/h1-7,16H. The zero-order valence-electron chi connectivity index (χ0n) is 9.63. The van der Waals surface area contributed by atoms with Gasteiger partial charge in [-0.15, -0.1) is 0 Å². The number of nitro groups is 1. The molecule has 0 aliphatic carbocycles. The van der Waals surface area contributed by atoms with E-state index in [2.05, 4.69) is 27.9 Å². The number of nitro benzene ring substituents is 1. The first-order valence-corrected chi connectivity index (χ1v) is 6.39. The van der Waals surface area contributed by atoms with Gasteiger partial charge in [-0.3, -0.25) is 10.1 Å². The van der Waals surface area contributed by atoms with Gasteiger partial charge in [0, 0.05) is 21.0 Å². The lowest BCUT2D eigenvalue weighted by Crippen LogP contribution is -1.95. The number of nitriles is 1. The van der Waals surface area contributed by atoms with E-state index in [1.54, 1.807) is 6.07 Å². The van der Waals surface area contributed by atoms with Crippen LogP contribution < -0.4 is 5.32 Å². The van der Waals surface area contributed by atoms with Gasteiger partial charge in [0.2, 0.25) is 0 Å². The van der Waals surface area contributed by atoms with Crippen LogP contribution in [0, 0.1) is 25.0 Å². The van der Waals surface area contributed by atoms with Crippen molar-refractivity contribution in [1.29, 1.82) is 5.26 Å². The van der Waals surface area contributed by atoms with Crippen LogP contribution in [0.2, 0.25) is 0 Å². The first-order chi connectivity index (χ1) is 9.10. The summed E-state index contributed by atoms with van der Waals surface area (Å²) in [6.45, 7) is 0. The van der Waals surface area contributed by atoms with Crippen LogP contribution in [-0.2, 0) is 0 Å². The number of rotatable bonds is 3. The Hall–Kier alpha value is -2.14. The monoisotopic (exact) mass is 365 g/mol. The summed E-state index contributed by atoms with van der Waals surface area (Å²) in [4.78, 5) is 10.2. The zero-order valence-corrected chi connectivity index (χ0v) is 11.8. The van der Waals surface area contributed by atoms with Gasteiger partial charge in [0.25, 0.3) is 5.69 Å². The van der Waals surface area contributed by atoms with E-state index in [0.717, 1.165) is 9.26 Å². The van der Waals surface area contributed by atoms with Crippen LogP contribution in [0.25, 0.3) is 0 Å². The molecular formula is C13H8IN3O2. The van der Waals surface area contributed by atoms with Crippen molar-refractivity contribution in [3.63, 3.8) is 0 Å². The van der Waals surface area contributed by atoms with Crippen molar-refractivity contribution < 1.29 is 4.92 Å². The maximum Gasteiger partial charge on any atom is 0.287 e. The van der Waals surface area contributed by atoms with E-state index < -0.39 is 4.92 Å². The Balaban J connectivity index is 2.32. The van der Waals surface area contributed by atoms with Crippen molar-refractivity contribution in [2.75, 3.05) is 5.32 Å². The molecule has 0 saturated carbocycles. The van der Waals surface area contributed by atoms with Gasteiger partial charge in [-0.25, -0.2) is 0 Å². The molecule has 94 valence electrons. The Kier molecular flexibility index (Phi) is 3.97. The number of nitrogens with zero attached hydrogens (tertiary/aromatic N) is 2. The second-order valence-electron chi connectivity index (χ2n) is 3.74. The molecule has 0 aliphatic heterocycles. The highest BCUT2D eigenvalue weighted by molar-refractivity contribution is 14.1. The number of hydrogen-bond donors (Lipinski definition) is 1. The molecule has 0 fully saturated rings. The molecule has 2 aromatic rings. The SMILES string of the molecule is N#Cc1cc(Nc2cccc(I)c2)ccc1[N+](=O)[O-]. The maximum absolute atomic E-state index is 10.7. The van der Waals surface area contributed by atoms with Crippen LogP contribution in [-0.4, -0.2) is 4.92 Å². The van der Waals surface area contributed by atoms with Crippen molar-refractivity contribution >= 4 is 39.7 Å². The molecule has 0 unspecified atom stereocenters. The van der Waals surface area contributed by atoms with Crippen LogP contribution in [0.4, 0.5) is 17.1 Å². The molecule has 2 rings (SSSR count). The van der Waals surface area contributed by atoms with Gasteiger partial charge in [-0.05, 0) is 52.9 Å². The summed E-state index contributed by atoms with van der Waals surface area (Å²) in [5, 5.41) is 22.8. The largest absolute Gasteiger partial charge is 0.355 e. The number of halogens is 1. The van der Waals surface area contributed by atoms with Crippen molar-refractivity contribution in [2.24, 2.45) is 0 Å². The normalized spacial score (nSPS) is 9.68. The van der Waals surface area contributed by atoms with Gasteiger partial charge in [0.05, 0.1) is 4.92 Å². The predicted octanol–water partition coefficient (Wildman–Crippen LogP) is 3.81. The highest BCUT2D eigenvalue weighted by Gasteiger charge is 2.13. The molecule has 0 bridgehead atoms. The van der Waals surface area contributed by atoms with Crippen LogP contribution in [0.3, 0.4) is 0 Å². The summed E-state index contributed by atoms with van der Waals surface area (Å²) in [6.07, 6.45) is 0. The van der Waals surface area contributed by atoms with Gasteiger partial charge in [-0.1, -0.05) is 6.07 Å². The molecule has 6 heteroatoms. The Labute approximate surface area is 123 Å². The molecule has 0 heterocycles. The van der Waals surface area contributed by atoms with Crippen LogP contribution in [0.1, 0.15) is 5.56 Å². The Morgan fingerprint density at radius 3 is 2.58 bits per heavy atom. The van der Waals surface area contributed by atoms with Crippen molar-refractivity contribution in [3.8, 4) is 6.07 Å². The number of hydrogen-bond acceptors (Lipinski definition) is 4. The van der Waals surface area contributed by atoms with Crippen LogP contribution in [0.5, 0.6) is 0 Å². The van der Waals surface area contributed by atoms with E-state index in [1.165, 1.54) is 12.1 Å².